The Morgan fingerprint density at radius 2 is 1.58 bits per heavy atom. The molecular weight excluding hydrogens is 264 g/mol. The summed E-state index contributed by atoms with van der Waals surface area (Å²) >= 11 is 0. The minimum atomic E-state index is -1.57. The summed E-state index contributed by atoms with van der Waals surface area (Å²) in [7, 11) is 0. The second-order valence-corrected chi connectivity index (χ2v) is 4.35. The van der Waals surface area contributed by atoms with E-state index in [2.05, 4.69) is 0 Å². The van der Waals surface area contributed by atoms with Gasteiger partial charge in [-0.05, 0) is 0 Å². The number of hydrogen-bond donors (Lipinski definition) is 7. The molecule has 0 saturated carbocycles. The summed E-state index contributed by atoms with van der Waals surface area (Å²) in [6.07, 6.45) is -9.94. The van der Waals surface area contributed by atoms with Crippen molar-refractivity contribution >= 4 is 0 Å². The summed E-state index contributed by atoms with van der Waals surface area (Å²) < 4.78 is 9.96. The van der Waals surface area contributed by atoms with E-state index in [-0.39, 0.29) is 0 Å². The molecule has 0 spiro atoms. The van der Waals surface area contributed by atoms with Crippen molar-refractivity contribution in [2.75, 3.05) is 19.8 Å². The Hall–Kier alpha value is -0.360. The van der Waals surface area contributed by atoms with Crippen molar-refractivity contribution in [3.63, 3.8) is 0 Å². The summed E-state index contributed by atoms with van der Waals surface area (Å²) in [5.41, 5.74) is 0. The third-order valence-electron chi connectivity index (χ3n) is 2.91. The molecular formula is C10H20O9. The van der Waals surface area contributed by atoms with Crippen molar-refractivity contribution in [1.29, 1.82) is 0 Å². The maximum absolute atomic E-state index is 9.59. The van der Waals surface area contributed by atoms with Gasteiger partial charge in [0.15, 0.2) is 6.29 Å². The van der Waals surface area contributed by atoms with Crippen molar-refractivity contribution < 1.29 is 45.2 Å². The van der Waals surface area contributed by atoms with Gasteiger partial charge in [-0.15, -0.1) is 0 Å². The molecule has 0 aromatic carbocycles. The molecule has 2 unspecified atom stereocenters. The van der Waals surface area contributed by atoms with Gasteiger partial charge >= 0.3 is 0 Å². The Morgan fingerprint density at radius 1 is 0.947 bits per heavy atom. The SMILES string of the molecule is OCC(O)C(O)CO[C@@H]1O[C@H](CO)[C@@H](O)[C@H](O)[C@@H]1O. The Bertz CT molecular complexity index is 261. The summed E-state index contributed by atoms with van der Waals surface area (Å²) in [5.74, 6) is 0. The van der Waals surface area contributed by atoms with Crippen LogP contribution in [0.25, 0.3) is 0 Å². The maximum atomic E-state index is 9.59. The summed E-state index contributed by atoms with van der Waals surface area (Å²) in [6, 6.07) is 0. The van der Waals surface area contributed by atoms with Gasteiger partial charge in [0.1, 0.15) is 36.6 Å². The first-order valence-electron chi connectivity index (χ1n) is 5.81. The molecule has 0 amide bonds. The zero-order valence-corrected chi connectivity index (χ0v) is 10.1. The molecule has 1 rings (SSSR count). The normalized spacial score (nSPS) is 39.0. The van der Waals surface area contributed by atoms with Crippen molar-refractivity contribution in [2.24, 2.45) is 0 Å². The van der Waals surface area contributed by atoms with Crippen LogP contribution in [0.15, 0.2) is 0 Å². The lowest BCUT2D eigenvalue weighted by Crippen LogP contribution is -2.59. The minimum absolute atomic E-state index is 0.468. The van der Waals surface area contributed by atoms with Crippen LogP contribution >= 0.6 is 0 Å². The third-order valence-corrected chi connectivity index (χ3v) is 2.91. The van der Waals surface area contributed by atoms with E-state index in [1.165, 1.54) is 0 Å². The molecule has 1 aliphatic heterocycles. The molecule has 1 fully saturated rings. The topological polar surface area (TPSA) is 160 Å². The van der Waals surface area contributed by atoms with Crippen LogP contribution in [0.4, 0.5) is 0 Å². The van der Waals surface area contributed by atoms with Gasteiger partial charge in [-0.3, -0.25) is 0 Å². The lowest BCUT2D eigenvalue weighted by atomic mass is 9.99. The largest absolute Gasteiger partial charge is 0.394 e. The average Bonchev–Trinajstić information content (AvgIpc) is 2.42. The summed E-state index contributed by atoms with van der Waals surface area (Å²) in [5, 5.41) is 64.5. The Morgan fingerprint density at radius 3 is 2.11 bits per heavy atom. The van der Waals surface area contributed by atoms with Gasteiger partial charge in [-0.2, -0.15) is 0 Å². The highest BCUT2D eigenvalue weighted by atomic mass is 16.7. The summed E-state index contributed by atoms with van der Waals surface area (Å²) in [6.45, 7) is -1.73. The number of hydrogen-bond acceptors (Lipinski definition) is 9. The standard InChI is InChI=1S/C10H20O9/c11-1-4(13)5(14)3-18-10-9(17)8(16)7(15)6(2-12)19-10/h4-17H,1-3H2/t4?,5?,6-,7-,8+,9+,10-/m1/s1. The van der Waals surface area contributed by atoms with Crippen molar-refractivity contribution in [3.05, 3.63) is 0 Å². The highest BCUT2D eigenvalue weighted by molar-refractivity contribution is 4.89. The first-order chi connectivity index (χ1) is 8.92. The fourth-order valence-corrected chi connectivity index (χ4v) is 1.63. The third kappa shape index (κ3) is 4.05. The van der Waals surface area contributed by atoms with Gasteiger partial charge < -0.3 is 45.2 Å². The van der Waals surface area contributed by atoms with Gasteiger partial charge in [0, 0.05) is 0 Å². The lowest BCUT2D eigenvalue weighted by molar-refractivity contribution is -0.306. The number of rotatable bonds is 6. The van der Waals surface area contributed by atoms with E-state index in [1.807, 2.05) is 0 Å². The molecule has 7 atom stereocenters. The zero-order valence-electron chi connectivity index (χ0n) is 10.1. The van der Waals surface area contributed by atoms with Crippen LogP contribution in [-0.2, 0) is 9.47 Å². The molecule has 9 heteroatoms. The lowest BCUT2D eigenvalue weighted by Gasteiger charge is -2.39. The van der Waals surface area contributed by atoms with Crippen molar-refractivity contribution in [2.45, 2.75) is 42.9 Å². The van der Waals surface area contributed by atoms with Gasteiger partial charge in [-0.25, -0.2) is 0 Å². The fraction of sp³-hybridized carbons (Fsp3) is 1.00. The van der Waals surface area contributed by atoms with E-state index in [0.717, 1.165) is 0 Å². The van der Waals surface area contributed by atoms with Crippen LogP contribution < -0.4 is 0 Å². The smallest absolute Gasteiger partial charge is 0.186 e. The number of aliphatic hydroxyl groups excluding tert-OH is 7. The number of ether oxygens (including phenoxy) is 2. The molecule has 0 aliphatic carbocycles. The Kier molecular flexibility index (Phi) is 6.53. The van der Waals surface area contributed by atoms with Gasteiger partial charge in [-0.1, -0.05) is 0 Å². The molecule has 0 bridgehead atoms. The van der Waals surface area contributed by atoms with E-state index in [1.54, 1.807) is 0 Å². The Labute approximate surface area is 109 Å². The molecule has 1 aliphatic rings. The number of aliphatic hydroxyl groups is 7. The molecule has 114 valence electrons. The van der Waals surface area contributed by atoms with E-state index in [9.17, 15) is 20.4 Å². The van der Waals surface area contributed by atoms with Crippen LogP contribution in [0.2, 0.25) is 0 Å². The highest BCUT2D eigenvalue weighted by Crippen LogP contribution is 2.22. The predicted molar refractivity (Wildman–Crippen MR) is 58.8 cm³/mol. The molecule has 1 saturated heterocycles. The van der Waals surface area contributed by atoms with E-state index < -0.39 is 62.7 Å². The van der Waals surface area contributed by atoms with Crippen LogP contribution in [0.1, 0.15) is 0 Å². The molecule has 1 heterocycles. The molecule has 19 heavy (non-hydrogen) atoms. The minimum Gasteiger partial charge on any atom is -0.394 e. The predicted octanol–water partition coefficient (Wildman–Crippen LogP) is -4.48. The zero-order chi connectivity index (χ0) is 14.6. The molecule has 7 N–H and O–H groups in total. The van der Waals surface area contributed by atoms with Gasteiger partial charge in [0.25, 0.3) is 0 Å². The second-order valence-electron chi connectivity index (χ2n) is 4.35. The fourth-order valence-electron chi connectivity index (χ4n) is 1.63. The highest BCUT2D eigenvalue weighted by Gasteiger charge is 2.44. The van der Waals surface area contributed by atoms with Crippen LogP contribution in [0, 0.1) is 0 Å². The van der Waals surface area contributed by atoms with Gasteiger partial charge in [0.05, 0.1) is 19.8 Å². The first-order valence-corrected chi connectivity index (χ1v) is 5.81. The summed E-state index contributed by atoms with van der Waals surface area (Å²) in [4.78, 5) is 0. The van der Waals surface area contributed by atoms with Crippen LogP contribution in [-0.4, -0.2) is 98.5 Å². The first kappa shape index (κ1) is 16.7. The van der Waals surface area contributed by atoms with Gasteiger partial charge in [0.2, 0.25) is 0 Å². The van der Waals surface area contributed by atoms with Crippen LogP contribution in [0.3, 0.4) is 0 Å². The molecule has 0 aromatic rings. The second kappa shape index (κ2) is 7.43. The molecule has 9 nitrogen and oxygen atoms in total. The van der Waals surface area contributed by atoms with E-state index >= 15 is 0 Å². The Balaban J connectivity index is 2.52. The average molecular weight is 284 g/mol. The van der Waals surface area contributed by atoms with Crippen molar-refractivity contribution in [1.82, 2.24) is 0 Å². The van der Waals surface area contributed by atoms with Crippen molar-refractivity contribution in [3.8, 4) is 0 Å². The van der Waals surface area contributed by atoms with E-state index in [4.69, 9.17) is 24.8 Å². The molecule has 0 radical (unpaired) electrons. The quantitative estimate of drug-likeness (QED) is 0.255. The monoisotopic (exact) mass is 284 g/mol. The molecule has 0 aromatic heterocycles. The maximum Gasteiger partial charge on any atom is 0.186 e. The van der Waals surface area contributed by atoms with E-state index in [0.29, 0.717) is 0 Å². The van der Waals surface area contributed by atoms with Crippen LogP contribution in [0.5, 0.6) is 0 Å².